The molecule has 1 N–H and O–H groups in total. The lowest BCUT2D eigenvalue weighted by Gasteiger charge is -2.35. The Morgan fingerprint density at radius 2 is 2.25 bits per heavy atom. The van der Waals surface area contributed by atoms with Gasteiger partial charge in [-0.15, -0.1) is 0 Å². The molecule has 2 aromatic rings. The normalized spacial score (nSPS) is 24.4. The number of nitrogens with zero attached hydrogens (tertiary/aromatic N) is 3. The third-order valence-corrected chi connectivity index (χ3v) is 4.47. The summed E-state index contributed by atoms with van der Waals surface area (Å²) >= 11 is 5.99. The van der Waals surface area contributed by atoms with Gasteiger partial charge in [0.15, 0.2) is 0 Å². The van der Waals surface area contributed by atoms with Crippen molar-refractivity contribution in [1.29, 1.82) is 0 Å². The van der Waals surface area contributed by atoms with E-state index in [1.54, 1.807) is 0 Å². The second kappa shape index (κ2) is 5.72. The van der Waals surface area contributed by atoms with Gasteiger partial charge in [-0.25, -0.2) is 4.98 Å². The molecule has 0 saturated carbocycles. The summed E-state index contributed by atoms with van der Waals surface area (Å²) in [4.78, 5) is 7.03. The Hall–Kier alpha value is -1.10. The molecule has 1 aliphatic heterocycles. The third kappa shape index (κ3) is 2.97. The standard InChI is InChI=1S/C15H21ClN4/c1-11-7-13(5-6-19(11)2)17-8-14-10-20-9-12(16)3-4-15(20)18-14/h3-4,9-11,13,17H,5-8H2,1-2H3. The Kier molecular flexibility index (Phi) is 3.96. The van der Waals surface area contributed by atoms with Crippen LogP contribution >= 0.6 is 11.6 Å². The summed E-state index contributed by atoms with van der Waals surface area (Å²) in [7, 11) is 2.20. The molecule has 2 unspecified atom stereocenters. The first-order valence-corrected chi connectivity index (χ1v) is 7.56. The van der Waals surface area contributed by atoms with Crippen molar-refractivity contribution in [1.82, 2.24) is 19.6 Å². The molecule has 5 heteroatoms. The van der Waals surface area contributed by atoms with Crippen molar-refractivity contribution < 1.29 is 0 Å². The van der Waals surface area contributed by atoms with Crippen LogP contribution in [-0.2, 0) is 6.54 Å². The summed E-state index contributed by atoms with van der Waals surface area (Å²) in [6, 6.07) is 5.07. The molecule has 1 aliphatic rings. The number of likely N-dealkylation sites (tertiary alicyclic amines) is 1. The summed E-state index contributed by atoms with van der Waals surface area (Å²) in [6.07, 6.45) is 6.35. The molecule has 3 heterocycles. The average molecular weight is 293 g/mol. The van der Waals surface area contributed by atoms with E-state index in [1.165, 1.54) is 19.4 Å². The van der Waals surface area contributed by atoms with Gasteiger partial charge in [-0.3, -0.25) is 0 Å². The Balaban J connectivity index is 1.62. The van der Waals surface area contributed by atoms with Gasteiger partial charge in [-0.2, -0.15) is 0 Å². The predicted molar refractivity (Wildman–Crippen MR) is 82.2 cm³/mol. The van der Waals surface area contributed by atoms with Crippen molar-refractivity contribution >= 4 is 17.2 Å². The maximum atomic E-state index is 5.99. The highest BCUT2D eigenvalue weighted by atomic mass is 35.5. The number of halogens is 1. The topological polar surface area (TPSA) is 32.6 Å². The second-order valence-corrected chi connectivity index (χ2v) is 6.21. The Morgan fingerprint density at radius 3 is 3.05 bits per heavy atom. The average Bonchev–Trinajstić information content (AvgIpc) is 2.82. The van der Waals surface area contributed by atoms with E-state index in [-0.39, 0.29) is 0 Å². The molecule has 20 heavy (non-hydrogen) atoms. The van der Waals surface area contributed by atoms with Gasteiger partial charge in [0, 0.05) is 31.0 Å². The number of rotatable bonds is 3. The smallest absolute Gasteiger partial charge is 0.137 e. The van der Waals surface area contributed by atoms with Crippen LogP contribution in [0, 0.1) is 0 Å². The van der Waals surface area contributed by atoms with E-state index in [1.807, 2.05) is 28.9 Å². The van der Waals surface area contributed by atoms with Crippen LogP contribution < -0.4 is 5.32 Å². The Labute approximate surface area is 124 Å². The van der Waals surface area contributed by atoms with Crippen molar-refractivity contribution in [2.24, 2.45) is 0 Å². The van der Waals surface area contributed by atoms with Crippen LogP contribution in [0.3, 0.4) is 0 Å². The Bertz CT molecular complexity index is 595. The fraction of sp³-hybridized carbons (Fsp3) is 0.533. The highest BCUT2D eigenvalue weighted by Crippen LogP contribution is 2.16. The summed E-state index contributed by atoms with van der Waals surface area (Å²) in [6.45, 7) is 4.28. The van der Waals surface area contributed by atoms with Crippen LogP contribution in [0.4, 0.5) is 0 Å². The van der Waals surface area contributed by atoms with Crippen molar-refractivity contribution in [3.8, 4) is 0 Å². The fourth-order valence-corrected chi connectivity index (χ4v) is 2.99. The monoisotopic (exact) mass is 292 g/mol. The summed E-state index contributed by atoms with van der Waals surface area (Å²) in [5.41, 5.74) is 2.02. The SMILES string of the molecule is CC1CC(NCc2cn3cc(Cl)ccc3n2)CCN1C. The van der Waals surface area contributed by atoms with Crippen LogP contribution in [0.1, 0.15) is 25.5 Å². The van der Waals surface area contributed by atoms with Gasteiger partial charge in [0.2, 0.25) is 0 Å². The zero-order valence-electron chi connectivity index (χ0n) is 12.0. The van der Waals surface area contributed by atoms with Crippen LogP contribution in [0.5, 0.6) is 0 Å². The van der Waals surface area contributed by atoms with Gasteiger partial charge in [0.1, 0.15) is 5.65 Å². The molecule has 0 aliphatic carbocycles. The van der Waals surface area contributed by atoms with E-state index in [0.29, 0.717) is 12.1 Å². The summed E-state index contributed by atoms with van der Waals surface area (Å²) in [5.74, 6) is 0. The van der Waals surface area contributed by atoms with Crippen molar-refractivity contribution in [2.75, 3.05) is 13.6 Å². The molecular weight excluding hydrogens is 272 g/mol. The fourth-order valence-electron chi connectivity index (χ4n) is 2.83. The van der Waals surface area contributed by atoms with Gasteiger partial charge < -0.3 is 14.6 Å². The van der Waals surface area contributed by atoms with Crippen molar-refractivity contribution in [2.45, 2.75) is 38.4 Å². The number of fused-ring (bicyclic) bond motifs is 1. The molecule has 0 spiro atoms. The largest absolute Gasteiger partial charge is 0.308 e. The van der Waals surface area contributed by atoms with Crippen LogP contribution in [0.2, 0.25) is 5.02 Å². The van der Waals surface area contributed by atoms with Gasteiger partial charge in [0.25, 0.3) is 0 Å². The lowest BCUT2D eigenvalue weighted by Crippen LogP contribution is -2.45. The zero-order valence-corrected chi connectivity index (χ0v) is 12.8. The molecular formula is C15H21ClN4. The highest BCUT2D eigenvalue weighted by Gasteiger charge is 2.22. The first-order valence-electron chi connectivity index (χ1n) is 7.18. The molecule has 2 atom stereocenters. The molecule has 2 aromatic heterocycles. The minimum Gasteiger partial charge on any atom is -0.308 e. The van der Waals surface area contributed by atoms with E-state index in [9.17, 15) is 0 Å². The molecule has 1 saturated heterocycles. The number of imidazole rings is 1. The van der Waals surface area contributed by atoms with E-state index in [0.717, 1.165) is 22.9 Å². The first kappa shape index (κ1) is 13.9. The number of pyridine rings is 1. The highest BCUT2D eigenvalue weighted by molar-refractivity contribution is 6.30. The number of piperidine rings is 1. The molecule has 0 radical (unpaired) electrons. The third-order valence-electron chi connectivity index (χ3n) is 4.25. The number of hydrogen-bond acceptors (Lipinski definition) is 3. The van der Waals surface area contributed by atoms with Crippen molar-refractivity contribution in [3.05, 3.63) is 35.2 Å². The van der Waals surface area contributed by atoms with Crippen LogP contribution in [0.25, 0.3) is 5.65 Å². The summed E-state index contributed by atoms with van der Waals surface area (Å²) < 4.78 is 1.98. The predicted octanol–water partition coefficient (Wildman–Crippen LogP) is 2.56. The number of aromatic nitrogens is 2. The maximum Gasteiger partial charge on any atom is 0.137 e. The minimum absolute atomic E-state index is 0.592. The Morgan fingerprint density at radius 1 is 1.40 bits per heavy atom. The minimum atomic E-state index is 0.592. The quantitative estimate of drug-likeness (QED) is 0.944. The lowest BCUT2D eigenvalue weighted by atomic mass is 9.99. The van der Waals surface area contributed by atoms with E-state index >= 15 is 0 Å². The number of nitrogens with one attached hydrogen (secondary N) is 1. The van der Waals surface area contributed by atoms with E-state index in [4.69, 9.17) is 11.6 Å². The maximum absolute atomic E-state index is 5.99. The lowest BCUT2D eigenvalue weighted by molar-refractivity contribution is 0.168. The molecule has 0 amide bonds. The molecule has 1 fully saturated rings. The molecule has 0 aromatic carbocycles. The van der Waals surface area contributed by atoms with Gasteiger partial charge in [0.05, 0.1) is 10.7 Å². The second-order valence-electron chi connectivity index (χ2n) is 5.78. The van der Waals surface area contributed by atoms with Crippen molar-refractivity contribution in [3.63, 3.8) is 0 Å². The van der Waals surface area contributed by atoms with Gasteiger partial charge >= 0.3 is 0 Å². The van der Waals surface area contributed by atoms with Crippen LogP contribution in [0.15, 0.2) is 24.5 Å². The summed E-state index contributed by atoms with van der Waals surface area (Å²) in [5, 5.41) is 4.36. The van der Waals surface area contributed by atoms with E-state index < -0.39 is 0 Å². The van der Waals surface area contributed by atoms with Gasteiger partial charge in [-0.1, -0.05) is 11.6 Å². The molecule has 0 bridgehead atoms. The molecule has 108 valence electrons. The number of hydrogen-bond donors (Lipinski definition) is 1. The van der Waals surface area contributed by atoms with Crippen LogP contribution in [-0.4, -0.2) is 40.0 Å². The molecule has 4 nitrogen and oxygen atoms in total. The molecule has 3 rings (SSSR count). The van der Waals surface area contributed by atoms with E-state index in [2.05, 4.69) is 29.2 Å². The first-order chi connectivity index (χ1) is 9.61. The van der Waals surface area contributed by atoms with Gasteiger partial charge in [-0.05, 0) is 45.5 Å². The zero-order chi connectivity index (χ0) is 14.1.